The molecule has 3 aromatic carbocycles. The molecule has 0 saturated carbocycles. The van der Waals surface area contributed by atoms with Crippen LogP contribution in [-0.2, 0) is 6.61 Å². The predicted molar refractivity (Wildman–Crippen MR) is 116 cm³/mol. The molecule has 0 aliphatic carbocycles. The summed E-state index contributed by atoms with van der Waals surface area (Å²) in [6.45, 7) is 6.50. The first-order valence-electron chi connectivity index (χ1n) is 9.44. The van der Waals surface area contributed by atoms with Crippen LogP contribution in [0.15, 0.2) is 60.4 Å². The molecule has 1 aliphatic rings. The van der Waals surface area contributed by atoms with Gasteiger partial charge in [-0.1, -0.05) is 47.5 Å². The molecule has 0 atom stereocenters. The summed E-state index contributed by atoms with van der Waals surface area (Å²) in [5, 5.41) is 0.649. The number of Topliss-reactive ketones (excluding diaryl/α,β-unsaturated/α-hetero) is 1. The molecule has 0 aromatic heterocycles. The van der Waals surface area contributed by atoms with E-state index in [1.807, 2.05) is 25.1 Å². The van der Waals surface area contributed by atoms with E-state index in [1.54, 1.807) is 24.3 Å². The lowest BCUT2D eigenvalue weighted by atomic mass is 10.0. The summed E-state index contributed by atoms with van der Waals surface area (Å²) in [7, 11) is 0. The minimum atomic E-state index is -0.117. The third-order valence-electron chi connectivity index (χ3n) is 5.01. The summed E-state index contributed by atoms with van der Waals surface area (Å²) in [4.78, 5) is 12.8. The Hall–Kier alpha value is -3.04. The van der Waals surface area contributed by atoms with E-state index in [0.717, 1.165) is 16.7 Å². The molecule has 0 amide bonds. The maximum atomic E-state index is 12.8. The summed E-state index contributed by atoms with van der Waals surface area (Å²) in [6, 6.07) is 17.2. The van der Waals surface area contributed by atoms with Gasteiger partial charge >= 0.3 is 0 Å². The van der Waals surface area contributed by atoms with Gasteiger partial charge in [-0.2, -0.15) is 0 Å². The van der Waals surface area contributed by atoms with Gasteiger partial charge in [-0.25, -0.2) is 0 Å². The molecule has 0 spiro atoms. The number of hydrogen-bond donors (Lipinski definition) is 0. The summed E-state index contributed by atoms with van der Waals surface area (Å²) < 4.78 is 11.9. The van der Waals surface area contributed by atoms with Crippen molar-refractivity contribution in [2.45, 2.75) is 27.4 Å². The Bertz CT molecular complexity index is 1130. The number of hydrogen-bond acceptors (Lipinski definition) is 3. The highest BCUT2D eigenvalue weighted by atomic mass is 35.5. The van der Waals surface area contributed by atoms with Gasteiger partial charge in [0.15, 0.2) is 5.76 Å². The molecule has 0 unspecified atom stereocenters. The van der Waals surface area contributed by atoms with Crippen molar-refractivity contribution in [1.82, 2.24) is 0 Å². The number of benzene rings is 3. The molecule has 4 rings (SSSR count). The van der Waals surface area contributed by atoms with E-state index in [2.05, 4.69) is 32.0 Å². The van der Waals surface area contributed by atoms with Crippen LogP contribution in [-0.4, -0.2) is 5.78 Å². The molecule has 3 nitrogen and oxygen atoms in total. The molecule has 3 aromatic rings. The number of halogens is 1. The number of ether oxygens (including phenoxy) is 2. The Labute approximate surface area is 175 Å². The fraction of sp³-hybridized carbons (Fsp3) is 0.160. The number of carbonyl (C=O) groups is 1. The van der Waals surface area contributed by atoms with Gasteiger partial charge in [-0.15, -0.1) is 0 Å². The number of rotatable bonds is 4. The van der Waals surface area contributed by atoms with Crippen molar-refractivity contribution in [2.75, 3.05) is 0 Å². The summed E-state index contributed by atoms with van der Waals surface area (Å²) >= 11 is 5.93. The molecule has 4 heteroatoms. The molecule has 0 saturated heterocycles. The van der Waals surface area contributed by atoms with E-state index < -0.39 is 0 Å². The van der Waals surface area contributed by atoms with Crippen LogP contribution in [0.25, 0.3) is 6.08 Å². The van der Waals surface area contributed by atoms with Gasteiger partial charge in [0.1, 0.15) is 18.1 Å². The van der Waals surface area contributed by atoms with Gasteiger partial charge in [0.05, 0.1) is 5.56 Å². The lowest BCUT2D eigenvalue weighted by Gasteiger charge is -2.11. The minimum Gasteiger partial charge on any atom is -0.489 e. The predicted octanol–water partition coefficient (Wildman–Crippen LogP) is 6.46. The Kier molecular flexibility index (Phi) is 5.16. The first-order chi connectivity index (χ1) is 13.9. The summed E-state index contributed by atoms with van der Waals surface area (Å²) in [5.74, 6) is 1.40. The molecule has 0 N–H and O–H groups in total. The maximum Gasteiger partial charge on any atom is 0.232 e. The molecule has 1 aliphatic heterocycles. The first-order valence-corrected chi connectivity index (χ1v) is 9.82. The highest BCUT2D eigenvalue weighted by Gasteiger charge is 2.30. The van der Waals surface area contributed by atoms with Crippen molar-refractivity contribution in [3.8, 4) is 11.5 Å². The van der Waals surface area contributed by atoms with Crippen LogP contribution in [0.4, 0.5) is 0 Å². The van der Waals surface area contributed by atoms with Gasteiger partial charge in [-0.3, -0.25) is 4.79 Å². The van der Waals surface area contributed by atoms with E-state index in [9.17, 15) is 4.79 Å². The lowest BCUT2D eigenvalue weighted by molar-refractivity contribution is 0.101. The fourth-order valence-corrected chi connectivity index (χ4v) is 3.51. The zero-order chi connectivity index (χ0) is 20.5. The number of ketones is 1. The van der Waals surface area contributed by atoms with Crippen LogP contribution in [0.2, 0.25) is 5.02 Å². The number of allylic oxidation sites excluding steroid dienone is 1. The van der Waals surface area contributed by atoms with Gasteiger partial charge in [0.25, 0.3) is 0 Å². The normalized spacial score (nSPS) is 14.1. The first kappa shape index (κ1) is 19.3. The van der Waals surface area contributed by atoms with E-state index in [0.29, 0.717) is 34.5 Å². The Balaban J connectivity index is 1.57. The Morgan fingerprint density at radius 1 is 0.966 bits per heavy atom. The summed E-state index contributed by atoms with van der Waals surface area (Å²) in [6.07, 6.45) is 1.73. The Morgan fingerprint density at radius 3 is 2.48 bits per heavy atom. The highest BCUT2D eigenvalue weighted by Crippen LogP contribution is 2.37. The topological polar surface area (TPSA) is 35.5 Å². The van der Waals surface area contributed by atoms with E-state index >= 15 is 0 Å². The molecule has 0 fully saturated rings. The lowest BCUT2D eigenvalue weighted by Crippen LogP contribution is -2.00. The molecule has 29 heavy (non-hydrogen) atoms. The third kappa shape index (κ3) is 4.06. The van der Waals surface area contributed by atoms with Crippen LogP contribution >= 0.6 is 11.6 Å². The second-order valence-corrected chi connectivity index (χ2v) is 7.76. The van der Waals surface area contributed by atoms with Crippen molar-refractivity contribution >= 4 is 23.5 Å². The average molecular weight is 405 g/mol. The molecular formula is C25H21ClO3. The van der Waals surface area contributed by atoms with Gasteiger partial charge in [-0.05, 0) is 67.3 Å². The van der Waals surface area contributed by atoms with E-state index in [-0.39, 0.29) is 5.78 Å². The second-order valence-electron chi connectivity index (χ2n) is 7.32. The van der Waals surface area contributed by atoms with Crippen LogP contribution in [0, 0.1) is 20.8 Å². The minimum absolute atomic E-state index is 0.117. The van der Waals surface area contributed by atoms with Crippen molar-refractivity contribution in [1.29, 1.82) is 0 Å². The largest absolute Gasteiger partial charge is 0.489 e. The number of fused-ring (bicyclic) bond motifs is 1. The monoisotopic (exact) mass is 404 g/mol. The maximum absolute atomic E-state index is 12.8. The van der Waals surface area contributed by atoms with Crippen LogP contribution in [0.3, 0.4) is 0 Å². The molecule has 146 valence electrons. The second kappa shape index (κ2) is 7.76. The van der Waals surface area contributed by atoms with Crippen molar-refractivity contribution in [3.63, 3.8) is 0 Å². The SMILES string of the molecule is Cc1ccc(C)c(COc2cc(C)c3c(c2)O/C(=C\c2ccc(Cl)cc2)C3=O)c1. The van der Waals surface area contributed by atoms with Gasteiger partial charge < -0.3 is 9.47 Å². The van der Waals surface area contributed by atoms with Crippen LogP contribution < -0.4 is 9.47 Å². The number of carbonyl (C=O) groups excluding carboxylic acids is 1. The van der Waals surface area contributed by atoms with Crippen LogP contribution in [0.5, 0.6) is 11.5 Å². The van der Waals surface area contributed by atoms with Crippen molar-refractivity contribution < 1.29 is 14.3 Å². The highest BCUT2D eigenvalue weighted by molar-refractivity contribution is 6.30. The van der Waals surface area contributed by atoms with Crippen LogP contribution in [0.1, 0.15) is 38.2 Å². The fourth-order valence-electron chi connectivity index (χ4n) is 3.39. The number of aryl methyl sites for hydroxylation is 3. The van der Waals surface area contributed by atoms with Crippen molar-refractivity contribution in [3.05, 3.63) is 98.8 Å². The Morgan fingerprint density at radius 2 is 1.72 bits per heavy atom. The molecule has 1 heterocycles. The third-order valence-corrected chi connectivity index (χ3v) is 5.26. The van der Waals surface area contributed by atoms with Gasteiger partial charge in [0, 0.05) is 11.1 Å². The standard InChI is InChI=1S/C25H21ClO3/c1-15-4-5-16(2)19(10-15)14-28-21-11-17(3)24-22(13-21)29-23(25(24)27)12-18-6-8-20(26)9-7-18/h4-13H,14H2,1-3H3/b23-12-. The zero-order valence-electron chi connectivity index (χ0n) is 16.6. The molecule has 0 bridgehead atoms. The van der Waals surface area contributed by atoms with Gasteiger partial charge in [0.2, 0.25) is 5.78 Å². The van der Waals surface area contributed by atoms with E-state index in [1.165, 1.54) is 11.1 Å². The van der Waals surface area contributed by atoms with Crippen molar-refractivity contribution in [2.24, 2.45) is 0 Å². The average Bonchev–Trinajstić information content (AvgIpc) is 3.00. The molecular weight excluding hydrogens is 384 g/mol. The molecule has 0 radical (unpaired) electrons. The summed E-state index contributed by atoms with van der Waals surface area (Å²) in [5.41, 5.74) is 5.81. The van der Waals surface area contributed by atoms with E-state index in [4.69, 9.17) is 21.1 Å². The smallest absolute Gasteiger partial charge is 0.232 e. The zero-order valence-corrected chi connectivity index (χ0v) is 17.3. The quantitative estimate of drug-likeness (QED) is 0.468.